The number of fused-ring (bicyclic) bond motifs is 1. The third kappa shape index (κ3) is 2.23. The van der Waals surface area contributed by atoms with Gasteiger partial charge in [-0.05, 0) is 54.2 Å². The zero-order chi connectivity index (χ0) is 15.3. The Morgan fingerprint density at radius 2 is 1.76 bits per heavy atom. The fourth-order valence-electron chi connectivity index (χ4n) is 3.18. The van der Waals surface area contributed by atoms with Crippen molar-refractivity contribution in [1.82, 2.24) is 0 Å². The van der Waals surface area contributed by atoms with Crippen LogP contribution in [0.25, 0.3) is 0 Å². The van der Waals surface area contributed by atoms with E-state index < -0.39 is 17.3 Å². The maximum absolute atomic E-state index is 12.7. The van der Waals surface area contributed by atoms with Crippen molar-refractivity contribution in [3.63, 3.8) is 0 Å². The molecule has 0 fully saturated rings. The van der Waals surface area contributed by atoms with E-state index in [2.05, 4.69) is 0 Å². The molecule has 1 nitrogen and oxygen atoms in total. The van der Waals surface area contributed by atoms with Crippen LogP contribution in [0.15, 0.2) is 42.5 Å². The second-order valence-corrected chi connectivity index (χ2v) is 5.54. The molecule has 21 heavy (non-hydrogen) atoms. The first-order valence-corrected chi connectivity index (χ1v) is 6.81. The maximum atomic E-state index is 12.7. The van der Waals surface area contributed by atoms with E-state index in [9.17, 15) is 18.3 Å². The summed E-state index contributed by atoms with van der Waals surface area (Å²) in [5.41, 5.74) is 1.00. The number of hydrogen-bond acceptors (Lipinski definition) is 1. The molecule has 0 aromatic heterocycles. The van der Waals surface area contributed by atoms with Crippen LogP contribution in [0.3, 0.4) is 0 Å². The fourth-order valence-corrected chi connectivity index (χ4v) is 3.18. The zero-order valence-corrected chi connectivity index (χ0v) is 11.5. The Morgan fingerprint density at radius 1 is 1.05 bits per heavy atom. The molecule has 110 valence electrons. The van der Waals surface area contributed by atoms with E-state index >= 15 is 0 Å². The molecule has 1 unspecified atom stereocenters. The predicted octanol–water partition coefficient (Wildman–Crippen LogP) is 4.20. The van der Waals surface area contributed by atoms with E-state index in [0.717, 1.165) is 29.7 Å². The minimum atomic E-state index is -4.36. The normalized spacial score (nSPS) is 21.4. The summed E-state index contributed by atoms with van der Waals surface area (Å²) >= 11 is 0. The third-order valence-corrected chi connectivity index (χ3v) is 4.22. The molecule has 0 heterocycles. The van der Waals surface area contributed by atoms with Crippen LogP contribution in [0.4, 0.5) is 13.2 Å². The van der Waals surface area contributed by atoms with Crippen molar-refractivity contribution in [2.75, 3.05) is 0 Å². The molecule has 0 amide bonds. The van der Waals surface area contributed by atoms with Gasteiger partial charge in [-0.2, -0.15) is 13.2 Å². The van der Waals surface area contributed by atoms with Crippen molar-refractivity contribution in [2.45, 2.75) is 31.5 Å². The largest absolute Gasteiger partial charge is 0.416 e. The summed E-state index contributed by atoms with van der Waals surface area (Å²) in [5, 5.41) is 11.0. The van der Waals surface area contributed by atoms with Gasteiger partial charge >= 0.3 is 6.18 Å². The smallest absolute Gasteiger partial charge is 0.380 e. The molecular formula is C17H15F3O. The summed E-state index contributed by atoms with van der Waals surface area (Å²) in [7, 11) is 0. The maximum Gasteiger partial charge on any atom is 0.416 e. The lowest BCUT2D eigenvalue weighted by molar-refractivity contribution is -0.137. The highest BCUT2D eigenvalue weighted by molar-refractivity contribution is 5.48. The van der Waals surface area contributed by atoms with Crippen LogP contribution in [-0.2, 0) is 18.2 Å². The van der Waals surface area contributed by atoms with Gasteiger partial charge < -0.3 is 5.11 Å². The van der Waals surface area contributed by atoms with Crippen molar-refractivity contribution < 1.29 is 18.3 Å². The summed E-state index contributed by atoms with van der Waals surface area (Å²) < 4.78 is 38.2. The average molecular weight is 292 g/mol. The number of rotatable bonds is 1. The minimum absolute atomic E-state index is 0.462. The summed E-state index contributed by atoms with van der Waals surface area (Å²) in [6, 6.07) is 11.1. The van der Waals surface area contributed by atoms with Gasteiger partial charge in [-0.1, -0.05) is 30.3 Å². The first-order valence-electron chi connectivity index (χ1n) is 6.81. The molecule has 1 N–H and O–H groups in total. The Labute approximate surface area is 121 Å². The second-order valence-electron chi connectivity index (χ2n) is 5.54. The molecule has 0 spiro atoms. The van der Waals surface area contributed by atoms with Gasteiger partial charge in [0.1, 0.15) is 5.60 Å². The van der Waals surface area contributed by atoms with Crippen molar-refractivity contribution in [3.8, 4) is 0 Å². The second kappa shape index (κ2) is 4.60. The lowest BCUT2D eigenvalue weighted by Crippen LogP contribution is -2.25. The summed E-state index contributed by atoms with van der Waals surface area (Å²) in [4.78, 5) is 0. The van der Waals surface area contributed by atoms with Crippen LogP contribution in [0.2, 0.25) is 0 Å². The van der Waals surface area contributed by atoms with E-state index in [4.69, 9.17) is 0 Å². The Morgan fingerprint density at radius 3 is 2.43 bits per heavy atom. The van der Waals surface area contributed by atoms with E-state index in [0.29, 0.717) is 17.5 Å². The van der Waals surface area contributed by atoms with Crippen molar-refractivity contribution in [1.29, 1.82) is 0 Å². The Bertz CT molecular complexity index is 691. The quantitative estimate of drug-likeness (QED) is 0.835. The van der Waals surface area contributed by atoms with E-state index in [1.54, 1.807) is 6.92 Å². The van der Waals surface area contributed by atoms with E-state index in [1.165, 1.54) is 6.07 Å². The SMILES string of the molecule is Cc1cc(C(F)(F)F)ccc1C1(O)CCc2ccccc21. The summed E-state index contributed by atoms with van der Waals surface area (Å²) in [5.74, 6) is 0. The van der Waals surface area contributed by atoms with E-state index in [-0.39, 0.29) is 0 Å². The van der Waals surface area contributed by atoms with Gasteiger partial charge in [0.2, 0.25) is 0 Å². The number of halogens is 3. The monoisotopic (exact) mass is 292 g/mol. The Balaban J connectivity index is 2.10. The fraction of sp³-hybridized carbons (Fsp3) is 0.294. The van der Waals surface area contributed by atoms with Crippen molar-refractivity contribution in [3.05, 3.63) is 70.3 Å². The molecule has 2 aromatic rings. The highest BCUT2D eigenvalue weighted by Gasteiger charge is 2.40. The molecule has 3 rings (SSSR count). The van der Waals surface area contributed by atoms with Crippen molar-refractivity contribution >= 4 is 0 Å². The average Bonchev–Trinajstić information content (AvgIpc) is 2.77. The van der Waals surface area contributed by atoms with Crippen LogP contribution < -0.4 is 0 Å². The molecule has 4 heteroatoms. The Kier molecular flexibility index (Phi) is 3.10. The molecule has 2 aromatic carbocycles. The molecule has 1 aliphatic carbocycles. The highest BCUT2D eigenvalue weighted by Crippen LogP contribution is 2.43. The van der Waals surface area contributed by atoms with Crippen LogP contribution in [0.5, 0.6) is 0 Å². The lowest BCUT2D eigenvalue weighted by Gasteiger charge is -2.27. The number of aryl methyl sites for hydroxylation is 2. The molecule has 0 bridgehead atoms. The Hall–Kier alpha value is -1.81. The lowest BCUT2D eigenvalue weighted by atomic mass is 9.84. The summed E-state index contributed by atoms with van der Waals surface area (Å²) in [6.45, 7) is 1.61. The van der Waals surface area contributed by atoms with Gasteiger partial charge in [-0.3, -0.25) is 0 Å². The number of hydrogen-bond donors (Lipinski definition) is 1. The number of alkyl halides is 3. The molecule has 0 radical (unpaired) electrons. The molecule has 0 aliphatic heterocycles. The van der Waals surface area contributed by atoms with E-state index in [1.807, 2.05) is 24.3 Å². The van der Waals surface area contributed by atoms with Gasteiger partial charge in [-0.25, -0.2) is 0 Å². The molecule has 0 saturated heterocycles. The first-order chi connectivity index (χ1) is 9.82. The van der Waals surface area contributed by atoms with Gasteiger partial charge in [0, 0.05) is 0 Å². The standard InChI is InChI=1S/C17H15F3O/c1-11-10-13(17(18,19)20)6-7-14(11)16(21)9-8-12-4-2-3-5-15(12)16/h2-7,10,21H,8-9H2,1H3. The van der Waals surface area contributed by atoms with Gasteiger partial charge in [-0.15, -0.1) is 0 Å². The summed E-state index contributed by atoms with van der Waals surface area (Å²) in [6.07, 6.45) is -3.13. The predicted molar refractivity (Wildman–Crippen MR) is 73.9 cm³/mol. The van der Waals surface area contributed by atoms with Gasteiger partial charge in [0.15, 0.2) is 0 Å². The minimum Gasteiger partial charge on any atom is -0.380 e. The van der Waals surface area contributed by atoms with Crippen LogP contribution in [-0.4, -0.2) is 5.11 Å². The first kappa shape index (κ1) is 14.1. The van der Waals surface area contributed by atoms with Crippen LogP contribution in [0, 0.1) is 6.92 Å². The topological polar surface area (TPSA) is 20.2 Å². The molecule has 0 saturated carbocycles. The molecule has 1 atom stereocenters. The van der Waals surface area contributed by atoms with Crippen LogP contribution >= 0.6 is 0 Å². The third-order valence-electron chi connectivity index (χ3n) is 4.22. The number of aliphatic hydroxyl groups is 1. The highest BCUT2D eigenvalue weighted by atomic mass is 19.4. The zero-order valence-electron chi connectivity index (χ0n) is 11.5. The number of benzene rings is 2. The molecule has 1 aliphatic rings. The molecular weight excluding hydrogens is 277 g/mol. The van der Waals surface area contributed by atoms with Gasteiger partial charge in [0.05, 0.1) is 5.56 Å². The van der Waals surface area contributed by atoms with Crippen molar-refractivity contribution in [2.24, 2.45) is 0 Å². The van der Waals surface area contributed by atoms with Gasteiger partial charge in [0.25, 0.3) is 0 Å². The van der Waals surface area contributed by atoms with Crippen LogP contribution in [0.1, 0.15) is 34.2 Å².